The zero-order valence-corrected chi connectivity index (χ0v) is 11.2. The molecule has 3 nitrogen and oxygen atoms in total. The maximum absolute atomic E-state index is 9.79. The van der Waals surface area contributed by atoms with E-state index in [1.54, 1.807) is 14.0 Å². The first-order chi connectivity index (χ1) is 8.72. The highest BCUT2D eigenvalue weighted by molar-refractivity contribution is 5.53. The van der Waals surface area contributed by atoms with Gasteiger partial charge in [0.05, 0.1) is 18.2 Å². The van der Waals surface area contributed by atoms with Gasteiger partial charge in [-0.05, 0) is 25.8 Å². The summed E-state index contributed by atoms with van der Waals surface area (Å²) in [4.78, 5) is 0. The third-order valence-electron chi connectivity index (χ3n) is 3.76. The molecule has 0 amide bonds. The van der Waals surface area contributed by atoms with E-state index in [-0.39, 0.29) is 6.10 Å². The summed E-state index contributed by atoms with van der Waals surface area (Å²) in [6.45, 7) is 1.80. The summed E-state index contributed by atoms with van der Waals surface area (Å²) >= 11 is 0. The van der Waals surface area contributed by atoms with E-state index in [1.807, 2.05) is 24.3 Å². The standard InChI is InChI=1S/C15H23NO2/c1-11(17)12-7-3-4-8-13(12)16-14-9-5-6-10-15(14)18-2/h3-4,7-8,11,14-17H,5-6,9-10H2,1-2H3. The van der Waals surface area contributed by atoms with Gasteiger partial charge < -0.3 is 15.2 Å². The first-order valence-corrected chi connectivity index (χ1v) is 6.78. The van der Waals surface area contributed by atoms with Crippen LogP contribution in [0.5, 0.6) is 0 Å². The number of benzene rings is 1. The van der Waals surface area contributed by atoms with Gasteiger partial charge in [0.1, 0.15) is 0 Å². The monoisotopic (exact) mass is 249 g/mol. The summed E-state index contributed by atoms with van der Waals surface area (Å²) < 4.78 is 5.55. The number of rotatable bonds is 4. The minimum Gasteiger partial charge on any atom is -0.389 e. The number of aliphatic hydroxyl groups is 1. The Morgan fingerprint density at radius 3 is 2.72 bits per heavy atom. The first-order valence-electron chi connectivity index (χ1n) is 6.78. The zero-order chi connectivity index (χ0) is 13.0. The van der Waals surface area contributed by atoms with Gasteiger partial charge in [0.2, 0.25) is 0 Å². The Morgan fingerprint density at radius 1 is 1.28 bits per heavy atom. The van der Waals surface area contributed by atoms with Crippen molar-refractivity contribution in [3.05, 3.63) is 29.8 Å². The topological polar surface area (TPSA) is 41.5 Å². The highest BCUT2D eigenvalue weighted by atomic mass is 16.5. The van der Waals surface area contributed by atoms with Gasteiger partial charge in [-0.15, -0.1) is 0 Å². The molecule has 0 heterocycles. The Bertz CT molecular complexity index is 379. The summed E-state index contributed by atoms with van der Waals surface area (Å²) in [5.41, 5.74) is 1.99. The molecule has 3 unspecified atom stereocenters. The second-order valence-electron chi connectivity index (χ2n) is 5.07. The van der Waals surface area contributed by atoms with Gasteiger partial charge in [0, 0.05) is 18.4 Å². The number of aliphatic hydroxyl groups excluding tert-OH is 1. The van der Waals surface area contributed by atoms with Crippen molar-refractivity contribution < 1.29 is 9.84 Å². The molecule has 0 spiro atoms. The van der Waals surface area contributed by atoms with Crippen LogP contribution in [0.3, 0.4) is 0 Å². The van der Waals surface area contributed by atoms with Crippen LogP contribution in [0.25, 0.3) is 0 Å². The van der Waals surface area contributed by atoms with Gasteiger partial charge in [-0.2, -0.15) is 0 Å². The lowest BCUT2D eigenvalue weighted by molar-refractivity contribution is 0.0605. The van der Waals surface area contributed by atoms with Crippen LogP contribution < -0.4 is 5.32 Å². The fraction of sp³-hybridized carbons (Fsp3) is 0.600. The van der Waals surface area contributed by atoms with Crippen LogP contribution in [-0.4, -0.2) is 24.4 Å². The Labute approximate surface area is 109 Å². The van der Waals surface area contributed by atoms with E-state index in [9.17, 15) is 5.11 Å². The molecule has 1 aliphatic rings. The smallest absolute Gasteiger partial charge is 0.0781 e. The van der Waals surface area contributed by atoms with Crippen molar-refractivity contribution in [1.29, 1.82) is 0 Å². The van der Waals surface area contributed by atoms with E-state index < -0.39 is 6.10 Å². The fourth-order valence-corrected chi connectivity index (χ4v) is 2.74. The second kappa shape index (κ2) is 6.21. The molecule has 2 rings (SSSR count). The number of anilines is 1. The van der Waals surface area contributed by atoms with E-state index in [4.69, 9.17) is 4.74 Å². The molecule has 0 aromatic heterocycles. The van der Waals surface area contributed by atoms with Crippen LogP contribution >= 0.6 is 0 Å². The Hall–Kier alpha value is -1.06. The molecule has 0 radical (unpaired) electrons. The van der Waals surface area contributed by atoms with E-state index in [1.165, 1.54) is 12.8 Å². The van der Waals surface area contributed by atoms with Crippen LogP contribution in [0.4, 0.5) is 5.69 Å². The molecule has 18 heavy (non-hydrogen) atoms. The Kier molecular flexibility index (Phi) is 4.61. The van der Waals surface area contributed by atoms with Crippen LogP contribution in [0, 0.1) is 0 Å². The minimum absolute atomic E-state index is 0.279. The molecular formula is C15H23NO2. The van der Waals surface area contributed by atoms with E-state index in [0.717, 1.165) is 24.1 Å². The van der Waals surface area contributed by atoms with E-state index >= 15 is 0 Å². The second-order valence-corrected chi connectivity index (χ2v) is 5.07. The maximum atomic E-state index is 9.79. The lowest BCUT2D eigenvalue weighted by Crippen LogP contribution is -2.38. The number of hydrogen-bond acceptors (Lipinski definition) is 3. The molecule has 100 valence electrons. The molecule has 1 aromatic carbocycles. The molecule has 0 saturated heterocycles. The Morgan fingerprint density at radius 2 is 2.00 bits per heavy atom. The van der Waals surface area contributed by atoms with Crippen molar-refractivity contribution >= 4 is 5.69 Å². The SMILES string of the molecule is COC1CCCCC1Nc1ccccc1C(C)O. The number of ether oxygens (including phenoxy) is 1. The Balaban J connectivity index is 2.12. The van der Waals surface area contributed by atoms with Gasteiger partial charge in [0.15, 0.2) is 0 Å². The van der Waals surface area contributed by atoms with E-state index in [2.05, 4.69) is 5.32 Å². The zero-order valence-electron chi connectivity index (χ0n) is 11.2. The molecule has 0 bridgehead atoms. The van der Waals surface area contributed by atoms with Gasteiger partial charge in [-0.3, -0.25) is 0 Å². The third kappa shape index (κ3) is 3.03. The van der Waals surface area contributed by atoms with Crippen LogP contribution in [-0.2, 0) is 4.74 Å². The normalized spacial score (nSPS) is 25.7. The van der Waals surface area contributed by atoms with Crippen molar-refractivity contribution in [3.63, 3.8) is 0 Å². The highest BCUT2D eigenvalue weighted by Gasteiger charge is 2.25. The average Bonchev–Trinajstić information content (AvgIpc) is 2.40. The minimum atomic E-state index is -0.446. The summed E-state index contributed by atoms with van der Waals surface area (Å²) in [6, 6.07) is 8.31. The summed E-state index contributed by atoms with van der Waals surface area (Å²) in [5.74, 6) is 0. The largest absolute Gasteiger partial charge is 0.389 e. The molecule has 2 N–H and O–H groups in total. The number of para-hydroxylation sites is 1. The van der Waals surface area contributed by atoms with Crippen molar-refractivity contribution in [2.75, 3.05) is 12.4 Å². The first kappa shape index (κ1) is 13.4. The highest BCUT2D eigenvalue weighted by Crippen LogP contribution is 2.28. The number of methoxy groups -OCH3 is 1. The number of nitrogens with one attached hydrogen (secondary N) is 1. The lowest BCUT2D eigenvalue weighted by atomic mass is 9.92. The predicted octanol–water partition coefficient (Wildman–Crippen LogP) is 3.11. The van der Waals surface area contributed by atoms with Crippen LogP contribution in [0.1, 0.15) is 44.3 Å². The predicted molar refractivity (Wildman–Crippen MR) is 73.8 cm³/mol. The van der Waals surface area contributed by atoms with Crippen molar-refractivity contribution in [2.45, 2.75) is 50.9 Å². The average molecular weight is 249 g/mol. The van der Waals surface area contributed by atoms with Crippen molar-refractivity contribution in [3.8, 4) is 0 Å². The summed E-state index contributed by atoms with van der Waals surface area (Å²) in [6.07, 6.45) is 4.57. The molecule has 3 heteroatoms. The molecule has 3 atom stereocenters. The number of hydrogen-bond donors (Lipinski definition) is 2. The van der Waals surface area contributed by atoms with Crippen LogP contribution in [0.15, 0.2) is 24.3 Å². The van der Waals surface area contributed by atoms with Gasteiger partial charge >= 0.3 is 0 Å². The van der Waals surface area contributed by atoms with Gasteiger partial charge in [0.25, 0.3) is 0 Å². The van der Waals surface area contributed by atoms with Gasteiger partial charge in [-0.25, -0.2) is 0 Å². The lowest BCUT2D eigenvalue weighted by Gasteiger charge is -2.32. The summed E-state index contributed by atoms with van der Waals surface area (Å²) in [5, 5.41) is 13.3. The molecule has 1 saturated carbocycles. The molecule has 1 fully saturated rings. The van der Waals surface area contributed by atoms with E-state index in [0.29, 0.717) is 6.04 Å². The quantitative estimate of drug-likeness (QED) is 0.861. The maximum Gasteiger partial charge on any atom is 0.0781 e. The fourth-order valence-electron chi connectivity index (χ4n) is 2.74. The van der Waals surface area contributed by atoms with Crippen LogP contribution in [0.2, 0.25) is 0 Å². The molecule has 0 aliphatic heterocycles. The van der Waals surface area contributed by atoms with Crippen molar-refractivity contribution in [1.82, 2.24) is 0 Å². The molecule has 1 aromatic rings. The third-order valence-corrected chi connectivity index (χ3v) is 3.76. The molecular weight excluding hydrogens is 226 g/mol. The summed E-state index contributed by atoms with van der Waals surface area (Å²) in [7, 11) is 1.78. The molecule has 1 aliphatic carbocycles. The van der Waals surface area contributed by atoms with Gasteiger partial charge in [-0.1, -0.05) is 31.0 Å². The van der Waals surface area contributed by atoms with Crippen molar-refractivity contribution in [2.24, 2.45) is 0 Å².